The number of aliphatic hydroxyl groups excluding tert-OH is 1. The van der Waals surface area contributed by atoms with Crippen LogP contribution in [-0.2, 0) is 9.47 Å². The number of aromatic nitrogens is 4. The molecule has 1 saturated heterocycles. The van der Waals surface area contributed by atoms with E-state index in [-0.39, 0.29) is 17.7 Å². The van der Waals surface area contributed by atoms with Crippen LogP contribution in [0.5, 0.6) is 0 Å². The third-order valence-corrected chi connectivity index (χ3v) is 3.65. The van der Waals surface area contributed by atoms with Gasteiger partial charge in [-0.25, -0.2) is 4.98 Å². The lowest BCUT2D eigenvalue weighted by molar-refractivity contribution is -0.222. The van der Waals surface area contributed by atoms with Crippen LogP contribution in [0.1, 0.15) is 26.5 Å². The number of rotatable bonds is 4. The first-order valence-electron chi connectivity index (χ1n) is 7.10. The van der Waals surface area contributed by atoms with Gasteiger partial charge in [0.05, 0.1) is 19.0 Å². The van der Waals surface area contributed by atoms with Crippen molar-refractivity contribution < 1.29 is 19.7 Å². The molecule has 9 nitrogen and oxygen atoms in total. The molecule has 3 rings (SSSR count). The molecular weight excluding hydrogens is 326 g/mol. The Kier molecular flexibility index (Phi) is 4.15. The fourth-order valence-corrected chi connectivity index (χ4v) is 2.82. The highest BCUT2D eigenvalue weighted by molar-refractivity contribution is 6.28. The molecule has 1 fully saturated rings. The maximum Gasteiger partial charge on any atom is 0.226 e. The number of hydrogen-bond donors (Lipinski definition) is 3. The van der Waals surface area contributed by atoms with Gasteiger partial charge >= 0.3 is 0 Å². The molecule has 2 unspecified atom stereocenters. The Morgan fingerprint density at radius 2 is 2.26 bits per heavy atom. The number of aliphatic hydroxyl groups is 2. The molecule has 10 heteroatoms. The van der Waals surface area contributed by atoms with Gasteiger partial charge in [0.2, 0.25) is 5.28 Å². The number of anilines is 1. The third-order valence-electron chi connectivity index (χ3n) is 3.48. The van der Waals surface area contributed by atoms with E-state index in [1.54, 1.807) is 4.57 Å². The molecule has 2 aromatic heterocycles. The minimum absolute atomic E-state index is 0.00610. The monoisotopic (exact) mass is 343 g/mol. The van der Waals surface area contributed by atoms with Crippen LogP contribution in [0.15, 0.2) is 6.33 Å². The van der Waals surface area contributed by atoms with Gasteiger partial charge in [0.25, 0.3) is 0 Å². The topological polar surface area (TPSA) is 129 Å². The van der Waals surface area contributed by atoms with Crippen molar-refractivity contribution in [1.29, 1.82) is 0 Å². The Morgan fingerprint density at radius 1 is 1.52 bits per heavy atom. The lowest BCUT2D eigenvalue weighted by atomic mass is 10.2. The van der Waals surface area contributed by atoms with Crippen molar-refractivity contribution in [3.63, 3.8) is 0 Å². The number of nitrogen functional groups attached to an aromatic ring is 1. The van der Waals surface area contributed by atoms with E-state index >= 15 is 0 Å². The standard InChI is InChI=1S/C13H18ClN5O4/c1-13(2,21)23-7-3-6(4-20)22-11(7)19-5-16-8-9(15)17-12(14)18-10(8)19/h5-7,11,20-21H,3-4H2,1-2H3,(H2,15,17,18)/t6?,7-,11?/m1/s1. The Bertz CT molecular complexity index is 716. The summed E-state index contributed by atoms with van der Waals surface area (Å²) in [4.78, 5) is 12.2. The van der Waals surface area contributed by atoms with Crippen LogP contribution >= 0.6 is 11.6 Å². The van der Waals surface area contributed by atoms with Gasteiger partial charge in [-0.3, -0.25) is 4.57 Å². The van der Waals surface area contributed by atoms with Crippen molar-refractivity contribution in [3.8, 4) is 0 Å². The Hall–Kier alpha value is -1.52. The summed E-state index contributed by atoms with van der Waals surface area (Å²) in [6, 6.07) is 0. The first kappa shape index (κ1) is 16.3. The van der Waals surface area contributed by atoms with Crippen LogP contribution in [0.3, 0.4) is 0 Å². The van der Waals surface area contributed by atoms with Crippen LogP contribution in [-0.4, -0.2) is 54.3 Å². The quantitative estimate of drug-likeness (QED) is 0.539. The van der Waals surface area contributed by atoms with Gasteiger partial charge in [-0.1, -0.05) is 0 Å². The summed E-state index contributed by atoms with van der Waals surface area (Å²) in [5.74, 6) is -1.19. The van der Waals surface area contributed by atoms with E-state index in [1.807, 2.05) is 0 Å². The molecule has 1 aliphatic heterocycles. The summed E-state index contributed by atoms with van der Waals surface area (Å²) in [5.41, 5.74) is 6.59. The fraction of sp³-hybridized carbons (Fsp3) is 0.615. The molecular formula is C13H18ClN5O4. The van der Waals surface area contributed by atoms with Gasteiger partial charge in [0.15, 0.2) is 23.5 Å². The van der Waals surface area contributed by atoms with Crippen LogP contribution in [0, 0.1) is 0 Å². The fourth-order valence-electron chi connectivity index (χ4n) is 2.65. The van der Waals surface area contributed by atoms with Gasteiger partial charge in [-0.2, -0.15) is 9.97 Å². The molecule has 0 saturated carbocycles. The Balaban J connectivity index is 2.01. The summed E-state index contributed by atoms with van der Waals surface area (Å²) < 4.78 is 13.0. The molecule has 4 N–H and O–H groups in total. The Labute approximate surface area is 137 Å². The smallest absolute Gasteiger partial charge is 0.226 e. The van der Waals surface area contributed by atoms with Crippen molar-refractivity contribution in [2.24, 2.45) is 0 Å². The highest BCUT2D eigenvalue weighted by Gasteiger charge is 2.40. The van der Waals surface area contributed by atoms with Crippen molar-refractivity contribution in [1.82, 2.24) is 19.5 Å². The Morgan fingerprint density at radius 3 is 2.91 bits per heavy atom. The van der Waals surface area contributed by atoms with Gasteiger partial charge in [-0.15, -0.1) is 0 Å². The summed E-state index contributed by atoms with van der Waals surface area (Å²) >= 11 is 5.86. The second kappa shape index (κ2) is 5.84. The van der Waals surface area contributed by atoms with Crippen molar-refractivity contribution in [3.05, 3.63) is 11.6 Å². The normalized spacial score (nSPS) is 25.3. The van der Waals surface area contributed by atoms with E-state index in [0.717, 1.165) is 0 Å². The SMILES string of the molecule is CC(C)(O)O[C@@H]1CC(CO)OC1n1cnc2c(N)nc(Cl)nc21. The van der Waals surface area contributed by atoms with Gasteiger partial charge in [0.1, 0.15) is 11.6 Å². The van der Waals surface area contributed by atoms with E-state index in [4.69, 9.17) is 26.8 Å². The minimum Gasteiger partial charge on any atom is -0.394 e. The zero-order chi connectivity index (χ0) is 16.8. The highest BCUT2D eigenvalue weighted by Crippen LogP contribution is 2.35. The molecule has 0 spiro atoms. The molecule has 0 aromatic carbocycles. The number of halogens is 1. The van der Waals surface area contributed by atoms with E-state index in [9.17, 15) is 10.2 Å². The van der Waals surface area contributed by atoms with Crippen LogP contribution < -0.4 is 5.73 Å². The number of fused-ring (bicyclic) bond motifs is 1. The average molecular weight is 344 g/mol. The lowest BCUT2D eigenvalue weighted by Crippen LogP contribution is -2.33. The second-order valence-electron chi connectivity index (χ2n) is 5.87. The zero-order valence-corrected chi connectivity index (χ0v) is 13.4. The van der Waals surface area contributed by atoms with E-state index in [2.05, 4.69) is 15.0 Å². The molecule has 0 bridgehead atoms. The van der Waals surface area contributed by atoms with E-state index in [0.29, 0.717) is 17.6 Å². The van der Waals surface area contributed by atoms with E-state index in [1.165, 1.54) is 20.2 Å². The molecule has 23 heavy (non-hydrogen) atoms. The second-order valence-corrected chi connectivity index (χ2v) is 6.21. The van der Waals surface area contributed by atoms with Gasteiger partial charge in [-0.05, 0) is 25.4 Å². The van der Waals surface area contributed by atoms with Crippen LogP contribution in [0.25, 0.3) is 11.2 Å². The highest BCUT2D eigenvalue weighted by atomic mass is 35.5. The molecule has 0 amide bonds. The van der Waals surface area contributed by atoms with E-state index < -0.39 is 24.2 Å². The number of hydrogen-bond acceptors (Lipinski definition) is 8. The van der Waals surface area contributed by atoms with Gasteiger partial charge in [0, 0.05) is 6.42 Å². The number of nitrogens with two attached hydrogens (primary N) is 1. The molecule has 0 aliphatic carbocycles. The van der Waals surface area contributed by atoms with Crippen molar-refractivity contribution in [2.45, 2.75) is 44.5 Å². The molecule has 2 aromatic rings. The predicted octanol–water partition coefficient (Wildman–Crippen LogP) is 0.455. The van der Waals surface area contributed by atoms with Crippen LogP contribution in [0.2, 0.25) is 5.28 Å². The maximum atomic E-state index is 9.92. The summed E-state index contributed by atoms with van der Waals surface area (Å²) in [6.45, 7) is 2.89. The summed E-state index contributed by atoms with van der Waals surface area (Å²) in [6.07, 6.45) is 0.365. The predicted molar refractivity (Wildman–Crippen MR) is 81.5 cm³/mol. The van der Waals surface area contributed by atoms with Gasteiger partial charge < -0.3 is 25.4 Å². The number of ether oxygens (including phenoxy) is 2. The molecule has 0 radical (unpaired) electrons. The summed E-state index contributed by atoms with van der Waals surface area (Å²) in [5, 5.41) is 19.3. The zero-order valence-electron chi connectivity index (χ0n) is 12.7. The minimum atomic E-state index is -1.35. The number of nitrogens with zero attached hydrogens (tertiary/aromatic N) is 4. The number of imidazole rings is 1. The average Bonchev–Trinajstić information content (AvgIpc) is 3.00. The first-order chi connectivity index (χ1) is 10.8. The molecule has 1 aliphatic rings. The first-order valence-corrected chi connectivity index (χ1v) is 7.48. The van der Waals surface area contributed by atoms with Crippen molar-refractivity contribution in [2.75, 3.05) is 12.3 Å². The molecule has 3 heterocycles. The molecule has 126 valence electrons. The van der Waals surface area contributed by atoms with Crippen LogP contribution in [0.4, 0.5) is 5.82 Å². The van der Waals surface area contributed by atoms with Crippen molar-refractivity contribution >= 4 is 28.6 Å². The summed E-state index contributed by atoms with van der Waals surface area (Å²) in [7, 11) is 0. The largest absolute Gasteiger partial charge is 0.394 e. The maximum absolute atomic E-state index is 9.92. The molecule has 3 atom stereocenters. The third kappa shape index (κ3) is 3.24. The lowest BCUT2D eigenvalue weighted by Gasteiger charge is -2.27.